The van der Waals surface area contributed by atoms with Crippen molar-refractivity contribution in [2.24, 2.45) is 0 Å². The van der Waals surface area contributed by atoms with Crippen LogP contribution in [0.5, 0.6) is 0 Å². The lowest BCUT2D eigenvalue weighted by Crippen LogP contribution is -2.07. The van der Waals surface area contributed by atoms with E-state index in [0.29, 0.717) is 12.4 Å². The maximum Gasteiger partial charge on any atom is 0.206 e. The number of allylic oxidation sites excluding steroid dienone is 2. The number of hydrogen-bond acceptors (Lipinski definition) is 7. The summed E-state index contributed by atoms with van der Waals surface area (Å²) in [6.07, 6.45) is 11.2. The van der Waals surface area contributed by atoms with Gasteiger partial charge in [0.2, 0.25) is 5.82 Å². The van der Waals surface area contributed by atoms with Crippen LogP contribution >= 0.6 is 11.8 Å². The molecule has 3 aromatic heterocycles. The van der Waals surface area contributed by atoms with Crippen LogP contribution in [-0.4, -0.2) is 43.4 Å². The van der Waals surface area contributed by atoms with E-state index in [-0.39, 0.29) is 0 Å². The second-order valence-electron chi connectivity index (χ2n) is 8.17. The van der Waals surface area contributed by atoms with Crippen LogP contribution in [0.15, 0.2) is 109 Å². The molecule has 0 atom stereocenters. The molecule has 0 spiro atoms. The van der Waals surface area contributed by atoms with Gasteiger partial charge in [-0.15, -0.1) is 22.0 Å². The SMILES string of the molecule is C=C/C=C(\C=C)CNc1nc(SC)c(-c2cncc(-c3nn[nH]n3)c2)c2cccc(-c3ccccc3)c12. The summed E-state index contributed by atoms with van der Waals surface area (Å²) < 4.78 is 0. The van der Waals surface area contributed by atoms with Crippen LogP contribution in [0.4, 0.5) is 5.82 Å². The van der Waals surface area contributed by atoms with Gasteiger partial charge in [-0.05, 0) is 39.6 Å². The molecule has 182 valence electrons. The number of thioether (sulfide) groups is 1. The first-order valence-corrected chi connectivity index (χ1v) is 12.9. The molecule has 5 aromatic rings. The van der Waals surface area contributed by atoms with Gasteiger partial charge in [0.1, 0.15) is 10.8 Å². The highest BCUT2D eigenvalue weighted by Crippen LogP contribution is 2.42. The van der Waals surface area contributed by atoms with Gasteiger partial charge in [-0.3, -0.25) is 4.98 Å². The third kappa shape index (κ3) is 4.92. The topological polar surface area (TPSA) is 92.3 Å². The average molecular weight is 504 g/mol. The van der Waals surface area contributed by atoms with Crippen molar-refractivity contribution >= 4 is 28.4 Å². The van der Waals surface area contributed by atoms with E-state index in [1.54, 1.807) is 24.0 Å². The Morgan fingerprint density at radius 1 is 1.03 bits per heavy atom. The molecule has 0 unspecified atom stereocenters. The Kier molecular flexibility index (Phi) is 7.19. The molecule has 0 aliphatic carbocycles. The summed E-state index contributed by atoms with van der Waals surface area (Å²) in [5.41, 5.74) is 5.95. The summed E-state index contributed by atoms with van der Waals surface area (Å²) in [5.74, 6) is 1.30. The highest BCUT2D eigenvalue weighted by Gasteiger charge is 2.19. The molecule has 0 radical (unpaired) electrons. The van der Waals surface area contributed by atoms with Crippen LogP contribution in [0.25, 0.3) is 44.4 Å². The molecule has 0 saturated heterocycles. The Balaban J connectivity index is 1.77. The first-order chi connectivity index (χ1) is 18.2. The Labute approximate surface area is 219 Å². The highest BCUT2D eigenvalue weighted by molar-refractivity contribution is 7.98. The highest BCUT2D eigenvalue weighted by atomic mass is 32.2. The third-order valence-corrected chi connectivity index (χ3v) is 6.64. The molecule has 7 nitrogen and oxygen atoms in total. The summed E-state index contributed by atoms with van der Waals surface area (Å²) in [7, 11) is 0. The van der Waals surface area contributed by atoms with Crippen molar-refractivity contribution < 1.29 is 0 Å². The van der Waals surface area contributed by atoms with Crippen LogP contribution in [0.3, 0.4) is 0 Å². The first kappa shape index (κ1) is 24.1. The number of tetrazole rings is 1. The molecule has 5 rings (SSSR count). The molecule has 37 heavy (non-hydrogen) atoms. The number of nitrogens with zero attached hydrogens (tertiary/aromatic N) is 5. The van der Waals surface area contributed by atoms with Crippen molar-refractivity contribution in [3.8, 4) is 33.6 Å². The lowest BCUT2D eigenvalue weighted by atomic mass is 9.94. The van der Waals surface area contributed by atoms with Gasteiger partial charge in [-0.2, -0.15) is 5.21 Å². The number of nitrogens with one attached hydrogen (secondary N) is 2. The average Bonchev–Trinajstić information content (AvgIpc) is 3.50. The standard InChI is InChI=1S/C29H25N7S/c1-4-10-19(5-2)16-31-28-26-23(20-11-7-6-8-12-20)13-9-14-24(26)25(29(32-28)37-3)21-15-22(18-30-17-21)27-33-35-36-34-27/h4-15,17-18H,1-2,16H2,3H3,(H,31,32)(H,33,34,35,36)/b19-10+. The second-order valence-corrected chi connectivity index (χ2v) is 8.97. The number of pyridine rings is 2. The fourth-order valence-corrected chi connectivity index (χ4v) is 4.89. The van der Waals surface area contributed by atoms with Crippen LogP contribution in [0.2, 0.25) is 0 Å². The minimum Gasteiger partial charge on any atom is -0.365 e. The number of anilines is 1. The molecule has 0 fully saturated rings. The summed E-state index contributed by atoms with van der Waals surface area (Å²) in [6.45, 7) is 8.32. The molecule has 0 saturated carbocycles. The maximum absolute atomic E-state index is 5.13. The molecule has 0 bridgehead atoms. The van der Waals surface area contributed by atoms with E-state index in [2.05, 4.69) is 74.4 Å². The normalized spacial score (nSPS) is 11.4. The van der Waals surface area contributed by atoms with Gasteiger partial charge in [0.05, 0.1) is 0 Å². The fraction of sp³-hybridized carbons (Fsp3) is 0.0690. The van der Waals surface area contributed by atoms with Gasteiger partial charge < -0.3 is 5.32 Å². The predicted octanol–water partition coefficient (Wildman–Crippen LogP) is 6.58. The van der Waals surface area contributed by atoms with Gasteiger partial charge in [-0.25, -0.2) is 4.98 Å². The lowest BCUT2D eigenvalue weighted by molar-refractivity contribution is 0.881. The smallest absolute Gasteiger partial charge is 0.206 e. The molecule has 2 N–H and O–H groups in total. The lowest BCUT2D eigenvalue weighted by Gasteiger charge is -2.19. The first-order valence-electron chi connectivity index (χ1n) is 11.7. The van der Waals surface area contributed by atoms with Crippen LogP contribution < -0.4 is 5.32 Å². The summed E-state index contributed by atoms with van der Waals surface area (Å²) >= 11 is 1.59. The van der Waals surface area contributed by atoms with Crippen LogP contribution in [0, 0.1) is 0 Å². The Hall–Kier alpha value is -4.56. The van der Waals surface area contributed by atoms with Gasteiger partial charge in [0.25, 0.3) is 0 Å². The zero-order valence-electron chi connectivity index (χ0n) is 20.3. The summed E-state index contributed by atoms with van der Waals surface area (Å²) in [4.78, 5) is 9.62. The third-order valence-electron chi connectivity index (χ3n) is 5.96. The van der Waals surface area contributed by atoms with Crippen molar-refractivity contribution in [1.82, 2.24) is 30.6 Å². The Bertz CT molecular complexity index is 1590. The number of benzene rings is 2. The van der Waals surface area contributed by atoms with E-state index in [9.17, 15) is 0 Å². The molecule has 8 heteroatoms. The van der Waals surface area contributed by atoms with Crippen molar-refractivity contribution in [1.29, 1.82) is 0 Å². The quantitative estimate of drug-likeness (QED) is 0.173. The molecule has 0 aliphatic rings. The largest absolute Gasteiger partial charge is 0.365 e. The molecule has 2 aromatic carbocycles. The van der Waals surface area contributed by atoms with Gasteiger partial charge in [-0.1, -0.05) is 79.9 Å². The number of aromatic nitrogens is 6. The predicted molar refractivity (Wildman–Crippen MR) is 152 cm³/mol. The van der Waals surface area contributed by atoms with Gasteiger partial charge >= 0.3 is 0 Å². The zero-order valence-corrected chi connectivity index (χ0v) is 21.2. The number of fused-ring (bicyclic) bond motifs is 1. The van der Waals surface area contributed by atoms with E-state index in [0.717, 1.165) is 55.0 Å². The van der Waals surface area contributed by atoms with Crippen LogP contribution in [-0.2, 0) is 0 Å². The maximum atomic E-state index is 5.13. The summed E-state index contributed by atoms with van der Waals surface area (Å²) in [6, 6.07) is 18.7. The number of hydrogen-bond donors (Lipinski definition) is 2. The summed E-state index contributed by atoms with van der Waals surface area (Å²) in [5, 5.41) is 21.0. The van der Waals surface area contributed by atoms with Crippen molar-refractivity contribution in [2.75, 3.05) is 18.1 Å². The number of H-pyrrole nitrogens is 1. The molecule has 3 heterocycles. The minimum atomic E-state index is 0.492. The van der Waals surface area contributed by atoms with Crippen molar-refractivity contribution in [3.63, 3.8) is 0 Å². The van der Waals surface area contributed by atoms with E-state index >= 15 is 0 Å². The van der Waals surface area contributed by atoms with Gasteiger partial charge in [0, 0.05) is 41.0 Å². The molecular weight excluding hydrogens is 478 g/mol. The monoisotopic (exact) mass is 503 g/mol. The second kappa shape index (κ2) is 11.0. The van der Waals surface area contributed by atoms with E-state index in [1.165, 1.54) is 0 Å². The Morgan fingerprint density at radius 2 is 1.86 bits per heavy atom. The molecule has 0 amide bonds. The van der Waals surface area contributed by atoms with Crippen molar-refractivity contribution in [3.05, 3.63) is 104 Å². The zero-order chi connectivity index (χ0) is 25.6. The number of rotatable bonds is 9. The molecule has 0 aliphatic heterocycles. The van der Waals surface area contributed by atoms with Crippen LogP contribution in [0.1, 0.15) is 0 Å². The Morgan fingerprint density at radius 3 is 2.59 bits per heavy atom. The van der Waals surface area contributed by atoms with Gasteiger partial charge in [0.15, 0.2) is 0 Å². The van der Waals surface area contributed by atoms with E-state index in [4.69, 9.17) is 4.98 Å². The molecular formula is C29H25N7S. The van der Waals surface area contributed by atoms with E-state index in [1.807, 2.05) is 48.9 Å². The minimum absolute atomic E-state index is 0.492. The van der Waals surface area contributed by atoms with E-state index < -0.39 is 0 Å². The fourth-order valence-electron chi connectivity index (χ4n) is 4.28. The number of aromatic amines is 1. The van der Waals surface area contributed by atoms with Crippen molar-refractivity contribution in [2.45, 2.75) is 5.03 Å².